The first-order valence-corrected chi connectivity index (χ1v) is 27.8. The molecule has 0 saturated carbocycles. The summed E-state index contributed by atoms with van der Waals surface area (Å²) in [5.41, 5.74) is 0. The van der Waals surface area contributed by atoms with Gasteiger partial charge in [-0.25, -0.2) is 0 Å². The zero-order valence-corrected chi connectivity index (χ0v) is 43.0. The van der Waals surface area contributed by atoms with E-state index in [0.717, 1.165) is 89.9 Å². The third-order valence-electron chi connectivity index (χ3n) is 12.0. The molecule has 0 saturated heterocycles. The number of allylic oxidation sites excluding steroid dienone is 10. The largest absolute Gasteiger partial charge is 0.462 e. The fourth-order valence-electron chi connectivity index (χ4n) is 7.84. The van der Waals surface area contributed by atoms with Gasteiger partial charge in [0.15, 0.2) is 6.10 Å². The summed E-state index contributed by atoms with van der Waals surface area (Å²) in [6.45, 7) is 6.51. The van der Waals surface area contributed by atoms with E-state index in [-0.39, 0.29) is 31.1 Å². The molecule has 0 spiro atoms. The predicted octanol–water partition coefficient (Wildman–Crippen LogP) is 18.4. The monoisotopic (exact) mass is 909 g/mol. The highest BCUT2D eigenvalue weighted by atomic mass is 16.6. The van der Waals surface area contributed by atoms with Gasteiger partial charge in [-0.3, -0.25) is 14.4 Å². The van der Waals surface area contributed by atoms with Crippen molar-refractivity contribution in [2.24, 2.45) is 0 Å². The third kappa shape index (κ3) is 51.9. The van der Waals surface area contributed by atoms with Crippen molar-refractivity contribution >= 4 is 17.9 Å². The molecule has 1 atom stereocenters. The summed E-state index contributed by atoms with van der Waals surface area (Å²) in [7, 11) is 0. The van der Waals surface area contributed by atoms with Gasteiger partial charge in [-0.2, -0.15) is 0 Å². The maximum Gasteiger partial charge on any atom is 0.306 e. The summed E-state index contributed by atoms with van der Waals surface area (Å²) in [6, 6.07) is 0. The van der Waals surface area contributed by atoms with Crippen LogP contribution in [-0.2, 0) is 28.6 Å². The lowest BCUT2D eigenvalue weighted by molar-refractivity contribution is -0.167. The second kappa shape index (κ2) is 53.7. The Morgan fingerprint density at radius 2 is 0.600 bits per heavy atom. The molecule has 0 bridgehead atoms. The van der Waals surface area contributed by atoms with E-state index < -0.39 is 6.10 Å². The normalized spacial score (nSPS) is 12.5. The van der Waals surface area contributed by atoms with Gasteiger partial charge in [0.1, 0.15) is 13.2 Å². The molecule has 0 aromatic carbocycles. The van der Waals surface area contributed by atoms with Gasteiger partial charge in [-0.1, -0.05) is 236 Å². The average Bonchev–Trinajstić information content (AvgIpc) is 3.30. The van der Waals surface area contributed by atoms with Crippen LogP contribution in [0.3, 0.4) is 0 Å². The lowest BCUT2D eigenvalue weighted by atomic mass is 10.1. The Balaban J connectivity index is 4.31. The van der Waals surface area contributed by atoms with Crippen LogP contribution in [0.25, 0.3) is 0 Å². The molecule has 0 aromatic heterocycles. The van der Waals surface area contributed by atoms with Crippen LogP contribution in [0.5, 0.6) is 0 Å². The quantitative estimate of drug-likeness (QED) is 0.0262. The Hall–Kier alpha value is -2.89. The summed E-state index contributed by atoms with van der Waals surface area (Å²) >= 11 is 0. The molecule has 0 rings (SSSR count). The van der Waals surface area contributed by atoms with E-state index in [1.54, 1.807) is 0 Å². The highest BCUT2D eigenvalue weighted by Gasteiger charge is 2.19. The molecule has 0 aromatic rings. The maximum absolute atomic E-state index is 12.8. The van der Waals surface area contributed by atoms with Gasteiger partial charge in [0.05, 0.1) is 0 Å². The van der Waals surface area contributed by atoms with Crippen LogP contribution in [0.2, 0.25) is 0 Å². The lowest BCUT2D eigenvalue weighted by Crippen LogP contribution is -2.30. The molecule has 0 radical (unpaired) electrons. The van der Waals surface area contributed by atoms with Crippen molar-refractivity contribution in [1.29, 1.82) is 0 Å². The molecule has 6 nitrogen and oxygen atoms in total. The predicted molar refractivity (Wildman–Crippen MR) is 279 cm³/mol. The molecule has 376 valence electrons. The summed E-state index contributed by atoms with van der Waals surface area (Å²) in [5, 5.41) is 0. The van der Waals surface area contributed by atoms with Crippen molar-refractivity contribution in [3.63, 3.8) is 0 Å². The number of rotatable bonds is 50. The number of carbonyl (C=O) groups is 3. The fourth-order valence-corrected chi connectivity index (χ4v) is 7.84. The van der Waals surface area contributed by atoms with Crippen LogP contribution in [0.15, 0.2) is 60.8 Å². The zero-order valence-electron chi connectivity index (χ0n) is 43.0. The number of unbranched alkanes of at least 4 members (excludes halogenated alkanes) is 29. The number of ether oxygens (including phenoxy) is 3. The molecule has 1 unspecified atom stereocenters. The molecule has 0 amide bonds. The minimum absolute atomic E-state index is 0.0788. The molecule has 0 heterocycles. The number of hydrogen-bond donors (Lipinski definition) is 0. The van der Waals surface area contributed by atoms with Crippen LogP contribution in [0.4, 0.5) is 0 Å². The van der Waals surface area contributed by atoms with Gasteiger partial charge in [0.2, 0.25) is 0 Å². The molecule has 0 N–H and O–H groups in total. The van der Waals surface area contributed by atoms with Crippen molar-refractivity contribution in [2.75, 3.05) is 13.2 Å². The molecular formula is C59H104O6. The van der Waals surface area contributed by atoms with E-state index in [0.29, 0.717) is 19.3 Å². The zero-order chi connectivity index (χ0) is 47.2. The summed E-state index contributed by atoms with van der Waals surface area (Å²) < 4.78 is 16.8. The molecule has 6 heteroatoms. The molecule has 0 aliphatic carbocycles. The van der Waals surface area contributed by atoms with E-state index in [2.05, 4.69) is 81.5 Å². The summed E-state index contributed by atoms with van der Waals surface area (Å²) in [6.07, 6.45) is 66.4. The molecule has 0 aliphatic rings. The second-order valence-corrected chi connectivity index (χ2v) is 18.5. The number of hydrogen-bond acceptors (Lipinski definition) is 6. The fraction of sp³-hybridized carbons (Fsp3) is 0.780. The van der Waals surface area contributed by atoms with Gasteiger partial charge in [-0.05, 0) is 83.5 Å². The van der Waals surface area contributed by atoms with Crippen LogP contribution in [0, 0.1) is 0 Å². The number of esters is 3. The smallest absolute Gasteiger partial charge is 0.306 e. The highest BCUT2D eigenvalue weighted by Crippen LogP contribution is 2.15. The third-order valence-corrected chi connectivity index (χ3v) is 12.0. The molecule has 0 aliphatic heterocycles. The first-order chi connectivity index (χ1) is 32.0. The van der Waals surface area contributed by atoms with Gasteiger partial charge in [0, 0.05) is 19.3 Å². The van der Waals surface area contributed by atoms with E-state index >= 15 is 0 Å². The average molecular weight is 909 g/mol. The van der Waals surface area contributed by atoms with E-state index in [1.807, 2.05) is 0 Å². The van der Waals surface area contributed by atoms with Gasteiger partial charge >= 0.3 is 17.9 Å². The highest BCUT2D eigenvalue weighted by molar-refractivity contribution is 5.71. The Labute approximate surface area is 402 Å². The van der Waals surface area contributed by atoms with E-state index in [4.69, 9.17) is 14.2 Å². The number of carbonyl (C=O) groups excluding carboxylic acids is 3. The van der Waals surface area contributed by atoms with Gasteiger partial charge in [-0.15, -0.1) is 0 Å². The van der Waals surface area contributed by atoms with E-state index in [1.165, 1.54) is 148 Å². The molecular weight excluding hydrogens is 805 g/mol. The second-order valence-electron chi connectivity index (χ2n) is 18.5. The van der Waals surface area contributed by atoms with Crippen LogP contribution >= 0.6 is 0 Å². The summed E-state index contributed by atoms with van der Waals surface area (Å²) in [5.74, 6) is -0.892. The van der Waals surface area contributed by atoms with E-state index in [9.17, 15) is 14.4 Å². The van der Waals surface area contributed by atoms with Crippen LogP contribution in [-0.4, -0.2) is 37.2 Å². The van der Waals surface area contributed by atoms with Gasteiger partial charge < -0.3 is 14.2 Å². The summed E-state index contributed by atoms with van der Waals surface area (Å²) in [4.78, 5) is 38.0. The first kappa shape index (κ1) is 62.1. The topological polar surface area (TPSA) is 78.9 Å². The lowest BCUT2D eigenvalue weighted by Gasteiger charge is -2.18. The standard InChI is InChI=1S/C59H104O6/c1-4-7-10-13-16-19-21-23-25-27-29-31-33-35-37-40-43-46-49-52-58(61)64-55-56(54-63-57(60)51-48-45-42-39-18-15-12-9-6-3)65-59(62)53-50-47-44-41-38-36-34-32-30-28-26-24-22-20-17-14-11-8-5-2/h7,10,16,19,23,25,28-31,56H,4-6,8-9,11-15,17-18,20-22,24,26-27,32-55H2,1-3H3/b10-7-,19-16-,25-23-,30-28-,31-29-. The molecule has 0 fully saturated rings. The van der Waals surface area contributed by atoms with Crippen molar-refractivity contribution in [3.05, 3.63) is 60.8 Å². The Morgan fingerprint density at radius 3 is 0.954 bits per heavy atom. The molecule has 65 heavy (non-hydrogen) atoms. The minimum atomic E-state index is -0.780. The first-order valence-electron chi connectivity index (χ1n) is 27.8. The Kier molecular flexibility index (Phi) is 51.3. The SMILES string of the molecule is CC/C=C\C/C=C\C/C=C\C/C=C\CCCCCCCCC(=O)OCC(COC(=O)CCCCCCCCCCC)OC(=O)CCCCCCCCC/C=C\CCCCCCCCCC. The minimum Gasteiger partial charge on any atom is -0.462 e. The van der Waals surface area contributed by atoms with Crippen LogP contribution < -0.4 is 0 Å². The van der Waals surface area contributed by atoms with Crippen LogP contribution in [0.1, 0.15) is 278 Å². The van der Waals surface area contributed by atoms with Crippen molar-refractivity contribution in [1.82, 2.24) is 0 Å². The van der Waals surface area contributed by atoms with Crippen molar-refractivity contribution in [2.45, 2.75) is 284 Å². The maximum atomic E-state index is 12.8. The van der Waals surface area contributed by atoms with Crippen molar-refractivity contribution in [3.8, 4) is 0 Å². The Bertz CT molecular complexity index is 1180. The van der Waals surface area contributed by atoms with Crippen molar-refractivity contribution < 1.29 is 28.6 Å². The Morgan fingerprint density at radius 1 is 0.323 bits per heavy atom. The van der Waals surface area contributed by atoms with Gasteiger partial charge in [0.25, 0.3) is 0 Å².